The van der Waals surface area contributed by atoms with Crippen molar-refractivity contribution in [2.75, 3.05) is 53.7 Å². The minimum Gasteiger partial charge on any atom is -0.394 e. The normalized spacial score (nSPS) is 22.6. The molecule has 11 heteroatoms. The predicted molar refractivity (Wildman–Crippen MR) is 125 cm³/mol. The van der Waals surface area contributed by atoms with Crippen LogP contribution in [0.25, 0.3) is 0 Å². The van der Waals surface area contributed by atoms with Gasteiger partial charge in [-0.25, -0.2) is 15.0 Å². The summed E-state index contributed by atoms with van der Waals surface area (Å²) in [7, 11) is -1.13. The molecule has 1 atom stereocenters. The molecule has 2 aromatic rings. The summed E-state index contributed by atoms with van der Waals surface area (Å²) in [6, 6.07) is 0. The summed E-state index contributed by atoms with van der Waals surface area (Å²) < 4.78 is 13.0. The van der Waals surface area contributed by atoms with Crippen LogP contribution in [0, 0.1) is 0 Å². The molecule has 0 radical (unpaired) electrons. The molecule has 32 heavy (non-hydrogen) atoms. The van der Waals surface area contributed by atoms with Gasteiger partial charge in [-0.3, -0.25) is 4.21 Å². The van der Waals surface area contributed by atoms with Crippen molar-refractivity contribution in [3.63, 3.8) is 0 Å². The van der Waals surface area contributed by atoms with Gasteiger partial charge in [0, 0.05) is 31.9 Å². The number of anilines is 3. The van der Waals surface area contributed by atoms with E-state index in [1.54, 1.807) is 12.4 Å². The predicted octanol–water partition coefficient (Wildman–Crippen LogP) is 2.02. The number of halogens is 1. The largest absolute Gasteiger partial charge is 0.394 e. The summed E-state index contributed by atoms with van der Waals surface area (Å²) in [5, 5.41) is 14.0. The van der Waals surface area contributed by atoms with E-state index < -0.39 is 10.8 Å². The summed E-state index contributed by atoms with van der Waals surface area (Å²) in [6.07, 6.45) is 8.78. The first-order valence-corrected chi connectivity index (χ1v) is 12.9. The number of nitrogens with one attached hydrogen (secondary N) is 1. The van der Waals surface area contributed by atoms with E-state index in [-0.39, 0.29) is 12.1 Å². The highest BCUT2D eigenvalue weighted by Crippen LogP contribution is 2.38. The molecule has 1 aliphatic carbocycles. The molecule has 1 saturated heterocycles. The Kier molecular flexibility index (Phi) is 6.18. The number of rotatable bonds is 5. The number of fused-ring (bicyclic) bond motifs is 1. The summed E-state index contributed by atoms with van der Waals surface area (Å²) in [6.45, 7) is 3.01. The number of hydrogen-bond donors (Lipinski definition) is 2. The Morgan fingerprint density at radius 1 is 1.03 bits per heavy atom. The third-order valence-corrected chi connectivity index (χ3v) is 8.33. The molecular formula is C21H28ClN7O2S. The lowest BCUT2D eigenvalue weighted by atomic mass is 9.77. The van der Waals surface area contributed by atoms with Crippen LogP contribution in [0.4, 0.5) is 17.7 Å². The number of piperazine rings is 1. The van der Waals surface area contributed by atoms with Crippen molar-refractivity contribution >= 4 is 40.1 Å². The van der Waals surface area contributed by atoms with E-state index in [0.29, 0.717) is 28.5 Å². The maximum absolute atomic E-state index is 13.0. The molecule has 0 aromatic carbocycles. The highest BCUT2D eigenvalue weighted by atomic mass is 35.5. The minimum atomic E-state index is -1.13. The topological polar surface area (TPSA) is 107 Å². The third kappa shape index (κ3) is 4.27. The smallest absolute Gasteiger partial charge is 0.227 e. The Bertz CT molecular complexity index is 989. The highest BCUT2D eigenvalue weighted by molar-refractivity contribution is 7.85. The molecule has 0 amide bonds. The van der Waals surface area contributed by atoms with E-state index in [9.17, 15) is 9.32 Å². The van der Waals surface area contributed by atoms with Crippen molar-refractivity contribution in [1.29, 1.82) is 0 Å². The van der Waals surface area contributed by atoms with Gasteiger partial charge < -0.3 is 20.2 Å². The van der Waals surface area contributed by atoms with Gasteiger partial charge in [-0.1, -0.05) is 11.6 Å². The second kappa shape index (κ2) is 9.07. The lowest BCUT2D eigenvalue weighted by molar-refractivity contribution is 0.143. The standard InChI is InChI=1S/C21H28ClN7O2S/c22-15-12-23-19(24-13-15)28-7-9-29(10-8-28)20-25-16-4-1-2-11-32(31)17(16)18(26-20)27-21(14-30)5-3-6-21/h12-13,30H,1-11,14H2,(H,25,26,27)/t32-/m1/s1. The number of aliphatic hydroxyl groups excluding tert-OH is 1. The average molecular weight is 478 g/mol. The van der Waals surface area contributed by atoms with Gasteiger partial charge >= 0.3 is 0 Å². The van der Waals surface area contributed by atoms with Crippen LogP contribution in [-0.2, 0) is 17.2 Å². The van der Waals surface area contributed by atoms with Crippen molar-refractivity contribution in [3.05, 3.63) is 23.1 Å². The van der Waals surface area contributed by atoms with Gasteiger partial charge in [0.1, 0.15) is 10.7 Å². The SMILES string of the molecule is O=[S@@]1CCCCc2nc(N3CCN(c4ncc(Cl)cn4)CC3)nc(NC3(CO)CCC3)c21. The fraction of sp³-hybridized carbons (Fsp3) is 0.619. The van der Waals surface area contributed by atoms with Crippen LogP contribution < -0.4 is 15.1 Å². The van der Waals surface area contributed by atoms with Crippen LogP contribution in [0.1, 0.15) is 37.8 Å². The Balaban J connectivity index is 1.40. The van der Waals surface area contributed by atoms with Crippen molar-refractivity contribution in [1.82, 2.24) is 19.9 Å². The lowest BCUT2D eigenvalue weighted by Crippen LogP contribution is -2.49. The van der Waals surface area contributed by atoms with Crippen LogP contribution in [0.15, 0.2) is 17.3 Å². The molecule has 5 rings (SSSR count). The monoisotopic (exact) mass is 477 g/mol. The number of nitrogens with zero attached hydrogens (tertiary/aromatic N) is 6. The summed E-state index contributed by atoms with van der Waals surface area (Å²) in [5.74, 6) is 2.61. The molecular weight excluding hydrogens is 450 g/mol. The fourth-order valence-corrected chi connectivity index (χ4v) is 5.99. The first-order valence-electron chi connectivity index (χ1n) is 11.2. The van der Waals surface area contributed by atoms with E-state index in [4.69, 9.17) is 21.6 Å². The van der Waals surface area contributed by atoms with E-state index in [1.165, 1.54) is 0 Å². The average Bonchev–Trinajstić information content (AvgIpc) is 2.98. The third-order valence-electron chi connectivity index (χ3n) is 6.59. The van der Waals surface area contributed by atoms with E-state index in [0.717, 1.165) is 75.3 Å². The molecule has 172 valence electrons. The van der Waals surface area contributed by atoms with Crippen molar-refractivity contribution in [3.8, 4) is 0 Å². The number of hydrogen-bond acceptors (Lipinski definition) is 9. The number of aliphatic hydroxyl groups is 1. The zero-order chi connectivity index (χ0) is 22.1. The first-order chi connectivity index (χ1) is 15.6. The molecule has 2 fully saturated rings. The Morgan fingerprint density at radius 2 is 1.72 bits per heavy atom. The molecule has 0 spiro atoms. The number of aryl methyl sites for hydroxylation is 1. The van der Waals surface area contributed by atoms with Gasteiger partial charge in [-0.15, -0.1) is 0 Å². The molecule has 4 heterocycles. The second-order valence-corrected chi connectivity index (χ2v) is 10.7. The van der Waals surface area contributed by atoms with Crippen molar-refractivity contribution < 1.29 is 9.32 Å². The Morgan fingerprint density at radius 3 is 2.34 bits per heavy atom. The number of aromatic nitrogens is 4. The molecule has 0 bridgehead atoms. The molecule has 9 nitrogen and oxygen atoms in total. The van der Waals surface area contributed by atoms with Crippen LogP contribution >= 0.6 is 11.6 Å². The van der Waals surface area contributed by atoms with E-state index in [2.05, 4.69) is 25.1 Å². The minimum absolute atomic E-state index is 0.0491. The quantitative estimate of drug-likeness (QED) is 0.668. The van der Waals surface area contributed by atoms with Crippen LogP contribution in [0.3, 0.4) is 0 Å². The summed E-state index contributed by atoms with van der Waals surface area (Å²) >= 11 is 5.91. The molecule has 1 saturated carbocycles. The lowest BCUT2D eigenvalue weighted by Gasteiger charge is -2.42. The van der Waals surface area contributed by atoms with Gasteiger partial charge in [0.2, 0.25) is 11.9 Å². The van der Waals surface area contributed by atoms with Gasteiger partial charge in [-0.05, 0) is 38.5 Å². The fourth-order valence-electron chi connectivity index (χ4n) is 4.50. The zero-order valence-corrected chi connectivity index (χ0v) is 19.5. The molecule has 2 aromatic heterocycles. The van der Waals surface area contributed by atoms with Crippen molar-refractivity contribution in [2.45, 2.75) is 49.0 Å². The highest BCUT2D eigenvalue weighted by Gasteiger charge is 2.38. The van der Waals surface area contributed by atoms with Crippen LogP contribution in [0.2, 0.25) is 5.02 Å². The van der Waals surface area contributed by atoms with E-state index >= 15 is 0 Å². The van der Waals surface area contributed by atoms with Gasteiger partial charge in [0.05, 0.1) is 46.1 Å². The van der Waals surface area contributed by atoms with Gasteiger partial charge in [0.15, 0.2) is 0 Å². The molecule has 2 N–H and O–H groups in total. The summed E-state index contributed by atoms with van der Waals surface area (Å²) in [4.78, 5) is 23.4. The van der Waals surface area contributed by atoms with Gasteiger partial charge in [0.25, 0.3) is 0 Å². The maximum atomic E-state index is 13.0. The molecule has 2 aliphatic heterocycles. The summed E-state index contributed by atoms with van der Waals surface area (Å²) in [5.41, 5.74) is 0.518. The first kappa shape index (κ1) is 21.8. The van der Waals surface area contributed by atoms with Crippen LogP contribution in [-0.4, -0.2) is 73.3 Å². The Labute approximate surface area is 195 Å². The molecule has 3 aliphatic rings. The van der Waals surface area contributed by atoms with E-state index in [1.807, 2.05) is 0 Å². The molecule has 0 unspecified atom stereocenters. The maximum Gasteiger partial charge on any atom is 0.227 e. The van der Waals surface area contributed by atoms with Crippen LogP contribution in [0.5, 0.6) is 0 Å². The Hall–Kier alpha value is -2.04. The van der Waals surface area contributed by atoms with Gasteiger partial charge in [-0.2, -0.15) is 4.98 Å². The van der Waals surface area contributed by atoms with Crippen molar-refractivity contribution in [2.24, 2.45) is 0 Å². The second-order valence-electron chi connectivity index (χ2n) is 8.75. The zero-order valence-electron chi connectivity index (χ0n) is 18.0.